The van der Waals surface area contributed by atoms with Crippen LogP contribution in [0.15, 0.2) is 36.5 Å². The Bertz CT molecular complexity index is 1240. The fraction of sp³-hybridized carbons (Fsp3) is 0.810. The van der Waals surface area contributed by atoms with Gasteiger partial charge in [-0.05, 0) is 51.4 Å². The van der Waals surface area contributed by atoms with E-state index in [2.05, 4.69) is 47.2 Å². The Hall–Kier alpha value is -1.70. The molecule has 1 heterocycles. The lowest BCUT2D eigenvalue weighted by molar-refractivity contribution is -0.161. The largest absolute Gasteiger partial charge is 0.472 e. The van der Waals surface area contributed by atoms with Crippen LogP contribution in [0.25, 0.3) is 0 Å². The molecule has 1 aliphatic rings. The fourth-order valence-electron chi connectivity index (χ4n) is 5.97. The van der Waals surface area contributed by atoms with Crippen LogP contribution in [0.2, 0.25) is 0 Å². The predicted molar refractivity (Wildman–Crippen MR) is 225 cm³/mol. The highest BCUT2D eigenvalue weighted by Crippen LogP contribution is 2.44. The molecule has 0 bridgehead atoms. The van der Waals surface area contributed by atoms with Crippen molar-refractivity contribution < 1.29 is 66.3 Å². The molecule has 0 aromatic rings. The van der Waals surface area contributed by atoms with E-state index in [4.69, 9.17) is 28.5 Å². The molecule has 0 aromatic carbocycles. The zero-order chi connectivity index (χ0) is 42.7. The number of hydrogen-bond donors (Lipinski definition) is 4. The number of carbonyl (C=O) groups is 2. The van der Waals surface area contributed by atoms with Gasteiger partial charge in [-0.3, -0.25) is 23.2 Å². The van der Waals surface area contributed by atoms with Crippen molar-refractivity contribution in [2.45, 2.75) is 192 Å². The number of unbranched alkanes of at least 4 members (excludes halogenated alkanes) is 16. The van der Waals surface area contributed by atoms with E-state index in [1.807, 2.05) is 12.2 Å². The van der Waals surface area contributed by atoms with Crippen molar-refractivity contribution in [3.63, 3.8) is 0 Å². The normalized spacial score (nSPS) is 17.9. The Kier molecular flexibility index (Phi) is 32.7. The van der Waals surface area contributed by atoms with Gasteiger partial charge in [0.25, 0.3) is 0 Å². The molecule has 338 valence electrons. The number of carbonyl (C=O) groups excluding carboxylic acids is 2. The molecule has 16 heteroatoms. The van der Waals surface area contributed by atoms with Crippen molar-refractivity contribution in [3.8, 4) is 0 Å². The number of epoxide rings is 1. The highest BCUT2D eigenvalue weighted by atomic mass is 31.2. The van der Waals surface area contributed by atoms with Gasteiger partial charge in [-0.15, -0.1) is 0 Å². The molecule has 0 radical (unpaired) electrons. The van der Waals surface area contributed by atoms with E-state index >= 15 is 0 Å². The molecule has 1 rings (SSSR count). The van der Waals surface area contributed by atoms with Crippen LogP contribution in [0, 0.1) is 0 Å². The Morgan fingerprint density at radius 2 is 1.07 bits per heavy atom. The van der Waals surface area contributed by atoms with Crippen molar-refractivity contribution in [3.05, 3.63) is 36.5 Å². The van der Waals surface area contributed by atoms with E-state index in [-0.39, 0.29) is 25.0 Å². The standard InChI is InChI=1S/C42H76O14P2/c1-3-5-7-9-11-13-14-15-16-18-20-22-27-31-41(44)51-35-38(36-54-58(49,50)53-34-37(43)33-52-57(46,47)48)55-42(45)32-28-24-23-26-30-40-39(56-40)29-25-21-19-17-12-10-8-6-4-2/h12,17,21,23,25-26,37-40,43H,3-11,13-16,18-20,22,24,27-36H2,1-2H3,(H,49,50)(H2,46,47,48)/b17-12-,25-21-,26-23-/t37-,38+,39?,40?/m0/s1. The number of phosphoric ester groups is 2. The predicted octanol–water partition coefficient (Wildman–Crippen LogP) is 9.88. The monoisotopic (exact) mass is 866 g/mol. The van der Waals surface area contributed by atoms with Gasteiger partial charge >= 0.3 is 27.6 Å². The average Bonchev–Trinajstić information content (AvgIpc) is 3.94. The van der Waals surface area contributed by atoms with Crippen molar-refractivity contribution in [1.82, 2.24) is 0 Å². The molecule has 0 aromatic heterocycles. The minimum atomic E-state index is -4.87. The SMILES string of the molecule is CCCCC/C=C\C/C=C\CC1OC1C/C=C\CCCC(=O)O[C@H](COC(=O)CCCCCCCCCCCCCCC)COP(=O)(O)OC[C@@H](O)COP(=O)(O)O. The third-order valence-electron chi connectivity index (χ3n) is 9.42. The van der Waals surface area contributed by atoms with Crippen LogP contribution in [0.5, 0.6) is 0 Å². The van der Waals surface area contributed by atoms with Gasteiger partial charge in [0.1, 0.15) is 12.7 Å². The van der Waals surface area contributed by atoms with Gasteiger partial charge in [-0.25, -0.2) is 9.13 Å². The Morgan fingerprint density at radius 3 is 1.69 bits per heavy atom. The summed E-state index contributed by atoms with van der Waals surface area (Å²) in [5.74, 6) is -1.10. The summed E-state index contributed by atoms with van der Waals surface area (Å²) >= 11 is 0. The van der Waals surface area contributed by atoms with E-state index in [1.54, 1.807) is 0 Å². The van der Waals surface area contributed by atoms with Crippen molar-refractivity contribution in [2.75, 3.05) is 26.4 Å². The lowest BCUT2D eigenvalue weighted by Gasteiger charge is -2.20. The highest BCUT2D eigenvalue weighted by molar-refractivity contribution is 7.47. The van der Waals surface area contributed by atoms with E-state index in [0.29, 0.717) is 19.3 Å². The molecule has 3 unspecified atom stereocenters. The molecular weight excluding hydrogens is 790 g/mol. The van der Waals surface area contributed by atoms with Crippen LogP contribution in [0.3, 0.4) is 0 Å². The molecule has 0 amide bonds. The lowest BCUT2D eigenvalue weighted by atomic mass is 10.0. The second-order valence-corrected chi connectivity index (χ2v) is 17.7. The summed E-state index contributed by atoms with van der Waals surface area (Å²) in [6.07, 6.45) is 34.5. The molecule has 0 spiro atoms. The summed E-state index contributed by atoms with van der Waals surface area (Å²) in [6, 6.07) is 0. The summed E-state index contributed by atoms with van der Waals surface area (Å²) < 4.78 is 53.5. The van der Waals surface area contributed by atoms with Crippen molar-refractivity contribution in [2.24, 2.45) is 0 Å². The summed E-state index contributed by atoms with van der Waals surface area (Å²) in [7, 11) is -9.69. The van der Waals surface area contributed by atoms with Crippen LogP contribution in [-0.2, 0) is 46.5 Å². The smallest absolute Gasteiger partial charge is 0.462 e. The molecule has 14 nitrogen and oxygen atoms in total. The number of allylic oxidation sites excluding steroid dienone is 4. The van der Waals surface area contributed by atoms with E-state index in [1.165, 1.54) is 77.0 Å². The van der Waals surface area contributed by atoms with Crippen molar-refractivity contribution in [1.29, 1.82) is 0 Å². The van der Waals surface area contributed by atoms with E-state index < -0.39 is 66.2 Å². The van der Waals surface area contributed by atoms with Crippen LogP contribution < -0.4 is 0 Å². The van der Waals surface area contributed by atoms with Crippen LogP contribution in [-0.4, -0.2) is 82.6 Å². The first-order valence-electron chi connectivity index (χ1n) is 21.8. The first-order chi connectivity index (χ1) is 27.8. The zero-order valence-electron chi connectivity index (χ0n) is 35.3. The molecule has 4 N–H and O–H groups in total. The minimum absolute atomic E-state index is 0.0488. The van der Waals surface area contributed by atoms with Gasteiger partial charge in [0, 0.05) is 12.8 Å². The van der Waals surface area contributed by atoms with Crippen LogP contribution in [0.4, 0.5) is 0 Å². The summed E-state index contributed by atoms with van der Waals surface area (Å²) in [6.45, 7) is 1.66. The molecule has 1 saturated heterocycles. The number of phosphoric acid groups is 2. The molecule has 0 aliphatic carbocycles. The molecule has 0 saturated carbocycles. The number of ether oxygens (including phenoxy) is 3. The minimum Gasteiger partial charge on any atom is -0.462 e. The second kappa shape index (κ2) is 35.0. The first kappa shape index (κ1) is 54.3. The average molecular weight is 867 g/mol. The number of aliphatic hydroxyl groups excluding tert-OH is 1. The number of rotatable bonds is 40. The maximum Gasteiger partial charge on any atom is 0.472 e. The third kappa shape index (κ3) is 35.1. The van der Waals surface area contributed by atoms with Crippen LogP contribution >= 0.6 is 15.6 Å². The maximum atomic E-state index is 12.7. The quantitative estimate of drug-likeness (QED) is 0.0149. The molecule has 5 atom stereocenters. The highest BCUT2D eigenvalue weighted by Gasteiger charge is 2.36. The Morgan fingerprint density at radius 1 is 0.586 bits per heavy atom. The molecule has 1 fully saturated rings. The topological polar surface area (TPSA) is 208 Å². The fourth-order valence-corrected chi connectivity index (χ4v) is 7.13. The summed E-state index contributed by atoms with van der Waals surface area (Å²) in [5.41, 5.74) is 0. The van der Waals surface area contributed by atoms with Gasteiger partial charge < -0.3 is 34.0 Å². The van der Waals surface area contributed by atoms with Crippen molar-refractivity contribution >= 4 is 27.6 Å². The van der Waals surface area contributed by atoms with Gasteiger partial charge in [0.2, 0.25) is 0 Å². The van der Waals surface area contributed by atoms with E-state index in [0.717, 1.165) is 44.9 Å². The van der Waals surface area contributed by atoms with E-state index in [9.17, 15) is 28.7 Å². The Labute approximate surface area is 348 Å². The maximum absolute atomic E-state index is 12.7. The Balaban J connectivity index is 2.41. The molecule has 58 heavy (non-hydrogen) atoms. The third-order valence-corrected chi connectivity index (χ3v) is 10.9. The lowest BCUT2D eigenvalue weighted by Crippen LogP contribution is -2.29. The summed E-state index contributed by atoms with van der Waals surface area (Å²) in [5, 5.41) is 9.74. The molecular formula is C42H76O14P2. The second-order valence-electron chi connectivity index (χ2n) is 15.0. The van der Waals surface area contributed by atoms with Gasteiger partial charge in [-0.2, -0.15) is 0 Å². The first-order valence-corrected chi connectivity index (χ1v) is 24.8. The number of esters is 2. The number of aliphatic hydroxyl groups is 1. The van der Waals surface area contributed by atoms with Crippen LogP contribution in [0.1, 0.15) is 168 Å². The van der Waals surface area contributed by atoms with Gasteiger partial charge in [0.05, 0.1) is 32.0 Å². The zero-order valence-corrected chi connectivity index (χ0v) is 37.1. The van der Waals surface area contributed by atoms with Gasteiger partial charge in [0.15, 0.2) is 6.10 Å². The molecule has 1 aliphatic heterocycles. The number of hydrogen-bond acceptors (Lipinski definition) is 11. The van der Waals surface area contributed by atoms with Gasteiger partial charge in [-0.1, -0.05) is 140 Å². The summed E-state index contributed by atoms with van der Waals surface area (Å²) in [4.78, 5) is 52.7.